The highest BCUT2D eigenvalue weighted by Crippen LogP contribution is 2.23. The van der Waals surface area contributed by atoms with Crippen molar-refractivity contribution in [3.63, 3.8) is 0 Å². The first-order valence-electron chi connectivity index (χ1n) is 7.73. The minimum absolute atomic E-state index is 0.693. The van der Waals surface area contributed by atoms with Gasteiger partial charge in [-0.3, -0.25) is 0 Å². The van der Waals surface area contributed by atoms with Crippen LogP contribution in [0, 0.1) is 6.92 Å². The van der Waals surface area contributed by atoms with E-state index in [-0.39, 0.29) is 0 Å². The molecule has 122 valence electrons. The molecule has 1 aromatic heterocycles. The summed E-state index contributed by atoms with van der Waals surface area (Å²) in [6.45, 7) is 2.83. The number of hydrogen-bond acceptors (Lipinski definition) is 4. The van der Waals surface area contributed by atoms with E-state index < -0.39 is 0 Å². The van der Waals surface area contributed by atoms with Crippen LogP contribution in [0.2, 0.25) is 0 Å². The van der Waals surface area contributed by atoms with Crippen molar-refractivity contribution in [2.24, 2.45) is 0 Å². The van der Waals surface area contributed by atoms with E-state index in [1.54, 1.807) is 6.20 Å². The summed E-state index contributed by atoms with van der Waals surface area (Å²) in [5.41, 5.74) is 3.42. The molecular formula is C19H19BrN4. The van der Waals surface area contributed by atoms with Crippen molar-refractivity contribution >= 4 is 33.4 Å². The summed E-state index contributed by atoms with van der Waals surface area (Å²) >= 11 is 3.48. The van der Waals surface area contributed by atoms with Crippen molar-refractivity contribution in [1.82, 2.24) is 9.97 Å². The Morgan fingerprint density at radius 3 is 2.62 bits per heavy atom. The van der Waals surface area contributed by atoms with Crippen LogP contribution >= 0.6 is 15.9 Å². The van der Waals surface area contributed by atoms with Gasteiger partial charge in [0.1, 0.15) is 5.82 Å². The second kappa shape index (κ2) is 7.45. The Morgan fingerprint density at radius 1 is 1.08 bits per heavy atom. The van der Waals surface area contributed by atoms with Crippen molar-refractivity contribution in [1.29, 1.82) is 0 Å². The number of nitrogens with one attached hydrogen (secondary N) is 1. The van der Waals surface area contributed by atoms with E-state index in [0.29, 0.717) is 5.95 Å². The van der Waals surface area contributed by atoms with Gasteiger partial charge in [0.15, 0.2) is 0 Å². The van der Waals surface area contributed by atoms with Gasteiger partial charge in [0, 0.05) is 29.9 Å². The summed E-state index contributed by atoms with van der Waals surface area (Å²) in [6.07, 6.45) is 1.78. The summed E-state index contributed by atoms with van der Waals surface area (Å²) in [5, 5.41) is 3.36. The average Bonchev–Trinajstić information content (AvgIpc) is 2.59. The van der Waals surface area contributed by atoms with Crippen molar-refractivity contribution < 1.29 is 0 Å². The SMILES string of the molecule is Cc1cc(Br)ccc1Nc1ccnc(N(C)Cc2ccccc2)n1. The van der Waals surface area contributed by atoms with Gasteiger partial charge in [0.05, 0.1) is 0 Å². The lowest BCUT2D eigenvalue weighted by Crippen LogP contribution is -2.19. The Labute approximate surface area is 150 Å². The fourth-order valence-corrected chi connectivity index (χ4v) is 2.91. The van der Waals surface area contributed by atoms with Gasteiger partial charge in [-0.15, -0.1) is 0 Å². The van der Waals surface area contributed by atoms with Crippen LogP contribution in [0.3, 0.4) is 0 Å². The van der Waals surface area contributed by atoms with E-state index in [1.807, 2.05) is 48.3 Å². The van der Waals surface area contributed by atoms with Gasteiger partial charge in [-0.1, -0.05) is 46.3 Å². The first-order valence-corrected chi connectivity index (χ1v) is 8.52. The maximum atomic E-state index is 4.62. The second-order valence-electron chi connectivity index (χ2n) is 5.67. The largest absolute Gasteiger partial charge is 0.340 e. The summed E-state index contributed by atoms with van der Waals surface area (Å²) in [4.78, 5) is 11.0. The number of aryl methyl sites for hydroxylation is 1. The Morgan fingerprint density at radius 2 is 1.88 bits per heavy atom. The fourth-order valence-electron chi connectivity index (χ4n) is 2.44. The quantitative estimate of drug-likeness (QED) is 0.679. The molecule has 0 aliphatic heterocycles. The van der Waals surface area contributed by atoms with Crippen LogP contribution in [0.25, 0.3) is 0 Å². The van der Waals surface area contributed by atoms with Crippen LogP contribution in [0.15, 0.2) is 65.3 Å². The minimum Gasteiger partial charge on any atom is -0.340 e. The summed E-state index contributed by atoms with van der Waals surface area (Å²) in [7, 11) is 2.00. The van der Waals surface area contributed by atoms with Crippen LogP contribution in [0.1, 0.15) is 11.1 Å². The van der Waals surface area contributed by atoms with Gasteiger partial charge < -0.3 is 10.2 Å². The third-order valence-corrected chi connectivity index (χ3v) is 4.19. The molecule has 0 spiro atoms. The molecule has 0 aliphatic carbocycles. The molecule has 0 saturated carbocycles. The first kappa shape index (κ1) is 16.5. The molecule has 0 saturated heterocycles. The van der Waals surface area contributed by atoms with Crippen molar-refractivity contribution in [2.75, 3.05) is 17.3 Å². The minimum atomic E-state index is 0.693. The molecule has 24 heavy (non-hydrogen) atoms. The average molecular weight is 383 g/mol. The van der Waals surface area contributed by atoms with E-state index in [0.717, 1.165) is 28.1 Å². The number of nitrogens with zero attached hydrogens (tertiary/aromatic N) is 3. The maximum absolute atomic E-state index is 4.62. The molecule has 1 heterocycles. The summed E-state index contributed by atoms with van der Waals surface area (Å²) in [6, 6.07) is 18.3. The van der Waals surface area contributed by atoms with E-state index >= 15 is 0 Å². The van der Waals surface area contributed by atoms with Gasteiger partial charge in [-0.05, 0) is 42.3 Å². The maximum Gasteiger partial charge on any atom is 0.227 e. The van der Waals surface area contributed by atoms with Crippen LogP contribution in [-0.2, 0) is 6.54 Å². The van der Waals surface area contributed by atoms with Crippen molar-refractivity contribution in [2.45, 2.75) is 13.5 Å². The Bertz CT molecular complexity index is 821. The van der Waals surface area contributed by atoms with Crippen molar-refractivity contribution in [3.8, 4) is 0 Å². The predicted molar refractivity (Wildman–Crippen MR) is 103 cm³/mol. The molecule has 1 N–H and O–H groups in total. The normalized spacial score (nSPS) is 10.5. The standard InChI is InChI=1S/C19H19BrN4/c1-14-12-16(20)8-9-17(14)22-18-10-11-21-19(23-18)24(2)13-15-6-4-3-5-7-15/h3-12H,13H2,1-2H3,(H,21,22,23). The van der Waals surface area contributed by atoms with Gasteiger partial charge in [0.2, 0.25) is 5.95 Å². The number of benzene rings is 2. The highest BCUT2D eigenvalue weighted by molar-refractivity contribution is 9.10. The smallest absolute Gasteiger partial charge is 0.227 e. The highest BCUT2D eigenvalue weighted by Gasteiger charge is 2.07. The third-order valence-electron chi connectivity index (χ3n) is 3.70. The molecule has 2 aromatic carbocycles. The van der Waals surface area contributed by atoms with Crippen LogP contribution < -0.4 is 10.2 Å². The highest BCUT2D eigenvalue weighted by atomic mass is 79.9. The molecule has 0 atom stereocenters. The van der Waals surface area contributed by atoms with E-state index in [1.165, 1.54) is 5.56 Å². The number of halogens is 1. The zero-order valence-corrected chi connectivity index (χ0v) is 15.3. The first-order chi connectivity index (χ1) is 11.6. The Kier molecular flexibility index (Phi) is 5.11. The molecular weight excluding hydrogens is 364 g/mol. The molecule has 0 bridgehead atoms. The third kappa shape index (κ3) is 4.11. The summed E-state index contributed by atoms with van der Waals surface area (Å²) < 4.78 is 1.07. The number of hydrogen-bond donors (Lipinski definition) is 1. The number of anilines is 3. The van der Waals surface area contributed by atoms with Gasteiger partial charge in [-0.25, -0.2) is 4.98 Å². The lowest BCUT2D eigenvalue weighted by molar-refractivity contribution is 0.868. The second-order valence-corrected chi connectivity index (χ2v) is 6.58. The Balaban J connectivity index is 1.76. The monoisotopic (exact) mass is 382 g/mol. The zero-order chi connectivity index (χ0) is 16.9. The van der Waals surface area contributed by atoms with Gasteiger partial charge in [-0.2, -0.15) is 4.98 Å². The fraction of sp³-hybridized carbons (Fsp3) is 0.158. The lowest BCUT2D eigenvalue weighted by Gasteiger charge is -2.18. The molecule has 4 nitrogen and oxygen atoms in total. The Hall–Kier alpha value is -2.40. The molecule has 0 amide bonds. The molecule has 3 aromatic rings. The molecule has 5 heteroatoms. The van der Waals surface area contributed by atoms with Gasteiger partial charge in [0.25, 0.3) is 0 Å². The van der Waals surface area contributed by atoms with Crippen LogP contribution in [0.4, 0.5) is 17.5 Å². The zero-order valence-electron chi connectivity index (χ0n) is 13.7. The van der Waals surface area contributed by atoms with E-state index in [9.17, 15) is 0 Å². The van der Waals surface area contributed by atoms with Crippen LogP contribution in [0.5, 0.6) is 0 Å². The molecule has 3 rings (SSSR count). The summed E-state index contributed by atoms with van der Waals surface area (Å²) in [5.74, 6) is 1.48. The van der Waals surface area contributed by atoms with E-state index in [4.69, 9.17) is 0 Å². The molecule has 0 fully saturated rings. The van der Waals surface area contributed by atoms with Crippen molar-refractivity contribution in [3.05, 3.63) is 76.4 Å². The molecule has 0 unspecified atom stereocenters. The van der Waals surface area contributed by atoms with Gasteiger partial charge >= 0.3 is 0 Å². The topological polar surface area (TPSA) is 41.1 Å². The number of rotatable bonds is 5. The number of aromatic nitrogens is 2. The van der Waals surface area contributed by atoms with Crippen LogP contribution in [-0.4, -0.2) is 17.0 Å². The van der Waals surface area contributed by atoms with E-state index in [2.05, 4.69) is 56.3 Å². The lowest BCUT2D eigenvalue weighted by atomic mass is 10.2. The molecule has 0 aliphatic rings. The predicted octanol–water partition coefficient (Wildman–Crippen LogP) is 4.93. The molecule has 0 radical (unpaired) electrons.